The maximum Gasteiger partial charge on any atom is 0.418 e. The highest BCUT2D eigenvalue weighted by atomic mass is 35.5. The van der Waals surface area contributed by atoms with E-state index in [1.807, 2.05) is 0 Å². The first-order valence-corrected chi connectivity index (χ1v) is 11.7. The number of carbonyl (C=O) groups excluding carboxylic acids is 1. The first kappa shape index (κ1) is 25.1. The first-order valence-electron chi connectivity index (χ1n) is 9.87. The van der Waals surface area contributed by atoms with E-state index in [2.05, 4.69) is 5.32 Å². The third-order valence-electron chi connectivity index (χ3n) is 5.29. The van der Waals surface area contributed by atoms with E-state index >= 15 is 0 Å². The van der Waals surface area contributed by atoms with Crippen LogP contribution in [0, 0.1) is 5.92 Å². The molecular formula is C21H22ClF3N2O5S. The summed E-state index contributed by atoms with van der Waals surface area (Å²) in [7, 11) is -1.34. The van der Waals surface area contributed by atoms with E-state index in [4.69, 9.17) is 21.1 Å². The molecule has 0 radical (unpaired) electrons. The molecule has 1 amide bonds. The second-order valence-corrected chi connectivity index (χ2v) is 9.74. The van der Waals surface area contributed by atoms with Gasteiger partial charge in [-0.2, -0.15) is 17.5 Å². The highest BCUT2D eigenvalue weighted by Gasteiger charge is 2.37. The number of ether oxygens (including phenoxy) is 2. The molecule has 0 aromatic heterocycles. The molecular weight excluding hydrogens is 485 g/mol. The van der Waals surface area contributed by atoms with Gasteiger partial charge in [-0.15, -0.1) is 0 Å². The minimum atomic E-state index is -4.72. The van der Waals surface area contributed by atoms with Gasteiger partial charge < -0.3 is 14.8 Å². The van der Waals surface area contributed by atoms with Crippen molar-refractivity contribution in [2.45, 2.75) is 23.9 Å². The van der Waals surface area contributed by atoms with Gasteiger partial charge >= 0.3 is 6.18 Å². The van der Waals surface area contributed by atoms with Gasteiger partial charge in [-0.05, 0) is 43.2 Å². The zero-order valence-corrected chi connectivity index (χ0v) is 19.4. The zero-order chi connectivity index (χ0) is 24.4. The minimum Gasteiger partial charge on any atom is -0.497 e. The van der Waals surface area contributed by atoms with E-state index in [0.717, 1.165) is 16.4 Å². The van der Waals surface area contributed by atoms with E-state index in [1.54, 1.807) is 6.07 Å². The Bertz CT molecular complexity index is 1140. The maximum absolute atomic E-state index is 13.3. The van der Waals surface area contributed by atoms with Crippen molar-refractivity contribution in [3.63, 3.8) is 0 Å². The number of carbonyl (C=O) groups is 1. The van der Waals surface area contributed by atoms with Gasteiger partial charge in [0.05, 0.1) is 31.4 Å². The predicted molar refractivity (Wildman–Crippen MR) is 116 cm³/mol. The van der Waals surface area contributed by atoms with Gasteiger partial charge in [0, 0.05) is 24.2 Å². The number of amides is 1. The summed E-state index contributed by atoms with van der Waals surface area (Å²) in [6.07, 6.45) is -4.04. The summed E-state index contributed by atoms with van der Waals surface area (Å²) in [5, 5.41) is 2.16. The summed E-state index contributed by atoms with van der Waals surface area (Å²) >= 11 is 5.68. The van der Waals surface area contributed by atoms with Crippen molar-refractivity contribution in [3.05, 3.63) is 47.0 Å². The fourth-order valence-electron chi connectivity index (χ4n) is 3.59. The number of benzene rings is 2. The largest absolute Gasteiger partial charge is 0.497 e. The normalized spacial score (nSPS) is 17.5. The fraction of sp³-hybridized carbons (Fsp3) is 0.381. The Balaban J connectivity index is 1.84. The molecule has 1 heterocycles. The average Bonchev–Trinajstić information content (AvgIpc) is 2.79. The average molecular weight is 507 g/mol. The molecule has 180 valence electrons. The van der Waals surface area contributed by atoms with Crippen molar-refractivity contribution < 1.29 is 35.9 Å². The summed E-state index contributed by atoms with van der Waals surface area (Å²) in [5.41, 5.74) is -1.52. The van der Waals surface area contributed by atoms with E-state index in [9.17, 15) is 26.4 Å². The summed E-state index contributed by atoms with van der Waals surface area (Å²) in [6, 6.07) is 7.36. The van der Waals surface area contributed by atoms with Crippen LogP contribution in [0.25, 0.3) is 0 Å². The van der Waals surface area contributed by atoms with Crippen LogP contribution in [0.1, 0.15) is 18.4 Å². The van der Waals surface area contributed by atoms with Crippen LogP contribution in [0.15, 0.2) is 41.3 Å². The van der Waals surface area contributed by atoms with Crippen molar-refractivity contribution in [2.24, 2.45) is 5.92 Å². The molecule has 1 saturated heterocycles. The van der Waals surface area contributed by atoms with Gasteiger partial charge in [0.15, 0.2) is 0 Å². The molecule has 1 aliphatic rings. The molecule has 0 unspecified atom stereocenters. The maximum atomic E-state index is 13.3. The number of hydrogen-bond acceptors (Lipinski definition) is 5. The van der Waals surface area contributed by atoms with Crippen molar-refractivity contribution in [1.29, 1.82) is 0 Å². The van der Waals surface area contributed by atoms with E-state index in [-0.39, 0.29) is 28.8 Å². The highest BCUT2D eigenvalue weighted by molar-refractivity contribution is 7.89. The molecule has 0 saturated carbocycles. The number of nitrogens with one attached hydrogen (secondary N) is 1. The van der Waals surface area contributed by atoms with Crippen LogP contribution in [-0.2, 0) is 21.0 Å². The van der Waals surface area contributed by atoms with Crippen LogP contribution in [0.5, 0.6) is 11.5 Å². The molecule has 12 heteroatoms. The van der Waals surface area contributed by atoms with Gasteiger partial charge in [-0.3, -0.25) is 4.79 Å². The number of halogens is 4. The third kappa shape index (κ3) is 5.53. The lowest BCUT2D eigenvalue weighted by Crippen LogP contribution is -2.43. The number of rotatable bonds is 6. The van der Waals surface area contributed by atoms with Crippen LogP contribution in [-0.4, -0.2) is 45.9 Å². The van der Waals surface area contributed by atoms with Gasteiger partial charge in [0.1, 0.15) is 16.4 Å². The second kappa shape index (κ2) is 9.78. The fourth-order valence-corrected chi connectivity index (χ4v) is 5.46. The van der Waals surface area contributed by atoms with Gasteiger partial charge in [0.25, 0.3) is 0 Å². The summed E-state index contributed by atoms with van der Waals surface area (Å²) in [6.45, 7) is -0.0370. The molecule has 1 fully saturated rings. The molecule has 1 aliphatic heterocycles. The molecule has 0 aliphatic carbocycles. The monoisotopic (exact) mass is 506 g/mol. The van der Waals surface area contributed by atoms with E-state index in [1.165, 1.54) is 32.4 Å². The number of sulfonamides is 1. The quantitative estimate of drug-likeness (QED) is 0.627. The topological polar surface area (TPSA) is 84.9 Å². The van der Waals surface area contributed by atoms with E-state index < -0.39 is 39.3 Å². The van der Waals surface area contributed by atoms with Crippen molar-refractivity contribution in [3.8, 4) is 11.5 Å². The van der Waals surface area contributed by atoms with Crippen LogP contribution in [0.4, 0.5) is 18.9 Å². The Kier molecular flexibility index (Phi) is 7.45. The molecule has 3 rings (SSSR count). The van der Waals surface area contributed by atoms with Crippen molar-refractivity contribution in [2.75, 3.05) is 32.6 Å². The number of alkyl halides is 3. The Hall–Kier alpha value is -2.50. The SMILES string of the molecule is COc1ccc(OC)c(S(=O)(=O)N2CCC[C@H](C(=O)Nc3ccc(Cl)cc3C(F)(F)F)C2)c1. The third-order valence-corrected chi connectivity index (χ3v) is 7.41. The van der Waals surface area contributed by atoms with Crippen LogP contribution < -0.4 is 14.8 Å². The van der Waals surface area contributed by atoms with Gasteiger partial charge in [0.2, 0.25) is 15.9 Å². The second-order valence-electron chi connectivity index (χ2n) is 7.40. The zero-order valence-electron chi connectivity index (χ0n) is 17.8. The Labute approximate surface area is 194 Å². The summed E-state index contributed by atoms with van der Waals surface area (Å²) in [4.78, 5) is 12.7. The van der Waals surface area contributed by atoms with Gasteiger partial charge in [-0.25, -0.2) is 8.42 Å². The van der Waals surface area contributed by atoms with Crippen LogP contribution >= 0.6 is 11.6 Å². The van der Waals surface area contributed by atoms with Crippen molar-refractivity contribution in [1.82, 2.24) is 4.31 Å². The minimum absolute atomic E-state index is 0.110. The highest BCUT2D eigenvalue weighted by Crippen LogP contribution is 2.37. The van der Waals surface area contributed by atoms with Gasteiger partial charge in [-0.1, -0.05) is 11.6 Å². The Morgan fingerprint density at radius 2 is 1.88 bits per heavy atom. The molecule has 33 heavy (non-hydrogen) atoms. The smallest absolute Gasteiger partial charge is 0.418 e. The standard InChI is InChI=1S/C21H22ClF3N2O5S/c1-31-15-6-8-18(32-2)19(11-15)33(29,30)27-9-3-4-13(12-27)20(28)26-17-7-5-14(22)10-16(17)21(23,24)25/h5-8,10-11,13H,3-4,9,12H2,1-2H3,(H,26,28)/t13-/m0/s1. The molecule has 1 N–H and O–H groups in total. The first-order chi connectivity index (χ1) is 15.5. The molecule has 0 bridgehead atoms. The molecule has 7 nitrogen and oxygen atoms in total. The van der Waals surface area contributed by atoms with Crippen molar-refractivity contribution >= 4 is 33.2 Å². The summed E-state index contributed by atoms with van der Waals surface area (Å²) in [5.74, 6) is -1.14. The molecule has 2 aromatic carbocycles. The number of piperidine rings is 1. The number of anilines is 1. The van der Waals surface area contributed by atoms with E-state index in [0.29, 0.717) is 18.6 Å². The Morgan fingerprint density at radius 1 is 1.15 bits per heavy atom. The molecule has 1 atom stereocenters. The summed E-state index contributed by atoms with van der Waals surface area (Å²) < 4.78 is 78.0. The van der Waals surface area contributed by atoms with Crippen LogP contribution in [0.3, 0.4) is 0 Å². The molecule has 2 aromatic rings. The molecule has 0 spiro atoms. The lowest BCUT2D eigenvalue weighted by molar-refractivity contribution is -0.137. The number of hydrogen-bond donors (Lipinski definition) is 1. The lowest BCUT2D eigenvalue weighted by Gasteiger charge is -2.31. The lowest BCUT2D eigenvalue weighted by atomic mass is 9.98. The number of nitrogens with zero attached hydrogens (tertiary/aromatic N) is 1. The predicted octanol–water partition coefficient (Wildman–Crippen LogP) is 4.42. The van der Waals surface area contributed by atoms with Crippen LogP contribution in [0.2, 0.25) is 5.02 Å². The number of methoxy groups -OCH3 is 2. The Morgan fingerprint density at radius 3 is 2.52 bits per heavy atom.